The van der Waals surface area contributed by atoms with Crippen molar-refractivity contribution in [1.82, 2.24) is 9.55 Å². The molecule has 1 atom stereocenters. The molecule has 0 aliphatic rings. The first kappa shape index (κ1) is 13.7. The van der Waals surface area contributed by atoms with Gasteiger partial charge < -0.3 is 17.2 Å². The van der Waals surface area contributed by atoms with Crippen LogP contribution in [0.2, 0.25) is 0 Å². The van der Waals surface area contributed by atoms with Gasteiger partial charge in [0.05, 0.1) is 0 Å². The number of rotatable bonds is 7. The van der Waals surface area contributed by atoms with Gasteiger partial charge in [-0.1, -0.05) is 0 Å². The fraction of sp³-hybridized carbons (Fsp3) is 0.636. The Morgan fingerprint density at radius 3 is 2.71 bits per heavy atom. The van der Waals surface area contributed by atoms with Gasteiger partial charge in [-0.15, -0.1) is 0 Å². The highest BCUT2D eigenvalue weighted by Gasteiger charge is 2.03. The molecule has 0 aliphatic carbocycles. The molecule has 0 bridgehead atoms. The van der Waals surface area contributed by atoms with Gasteiger partial charge in [-0.05, 0) is 38.3 Å². The Labute approximate surface area is 101 Å². The van der Waals surface area contributed by atoms with Gasteiger partial charge in [0.1, 0.15) is 5.82 Å². The van der Waals surface area contributed by atoms with Crippen LogP contribution < -0.4 is 22.9 Å². The predicted molar refractivity (Wildman–Crippen MR) is 68.4 cm³/mol. The molecule has 0 fully saturated rings. The van der Waals surface area contributed by atoms with Crippen molar-refractivity contribution in [3.8, 4) is 0 Å². The molecule has 0 radical (unpaired) electrons. The minimum absolute atomic E-state index is 0.163. The summed E-state index contributed by atoms with van der Waals surface area (Å²) in [4.78, 5) is 15.1. The van der Waals surface area contributed by atoms with E-state index < -0.39 is 0 Å². The van der Waals surface area contributed by atoms with Crippen LogP contribution in [-0.4, -0.2) is 22.1 Å². The van der Waals surface area contributed by atoms with Gasteiger partial charge in [-0.2, -0.15) is 4.98 Å². The number of aromatic nitrogens is 2. The molecule has 1 aromatic rings. The minimum Gasteiger partial charge on any atom is -0.383 e. The van der Waals surface area contributed by atoms with E-state index in [0.717, 1.165) is 25.7 Å². The van der Waals surface area contributed by atoms with Gasteiger partial charge in [0.15, 0.2) is 0 Å². The molecule has 96 valence electrons. The van der Waals surface area contributed by atoms with Crippen LogP contribution in [0.4, 0.5) is 5.82 Å². The number of anilines is 1. The summed E-state index contributed by atoms with van der Waals surface area (Å²) in [6.07, 6.45) is 5.29. The summed E-state index contributed by atoms with van der Waals surface area (Å²) in [5.74, 6) is 0.255. The van der Waals surface area contributed by atoms with Crippen LogP contribution in [0.1, 0.15) is 25.7 Å². The normalized spacial score (nSPS) is 12.6. The van der Waals surface area contributed by atoms with Crippen molar-refractivity contribution >= 4 is 5.82 Å². The molecule has 0 saturated heterocycles. The molecule has 1 heterocycles. The fourth-order valence-corrected chi connectivity index (χ4v) is 1.66. The van der Waals surface area contributed by atoms with Gasteiger partial charge in [-0.3, -0.25) is 4.57 Å². The molecular weight excluding hydrogens is 218 g/mol. The van der Waals surface area contributed by atoms with E-state index in [4.69, 9.17) is 17.2 Å². The van der Waals surface area contributed by atoms with Crippen LogP contribution in [0.5, 0.6) is 0 Å². The van der Waals surface area contributed by atoms with E-state index in [1.807, 2.05) is 0 Å². The molecule has 6 nitrogen and oxygen atoms in total. The van der Waals surface area contributed by atoms with E-state index in [9.17, 15) is 4.79 Å². The van der Waals surface area contributed by atoms with E-state index in [1.54, 1.807) is 16.8 Å². The van der Waals surface area contributed by atoms with E-state index in [0.29, 0.717) is 13.1 Å². The molecule has 0 saturated carbocycles. The van der Waals surface area contributed by atoms with Crippen LogP contribution in [-0.2, 0) is 6.54 Å². The highest BCUT2D eigenvalue weighted by atomic mass is 16.1. The standard InChI is InChI=1S/C11H21N5O/c12-6-1-3-9(13)4-2-7-16-8-5-10(14)15-11(16)17/h5,8-9H,1-4,6-7,12-13H2,(H2,14,15,17). The Kier molecular flexibility index (Phi) is 5.65. The maximum atomic E-state index is 11.4. The fourth-order valence-electron chi connectivity index (χ4n) is 1.66. The smallest absolute Gasteiger partial charge is 0.349 e. The summed E-state index contributed by atoms with van der Waals surface area (Å²) in [6.45, 7) is 1.30. The molecule has 1 rings (SSSR count). The molecule has 0 spiro atoms. The number of hydrogen-bond acceptors (Lipinski definition) is 5. The van der Waals surface area contributed by atoms with Crippen molar-refractivity contribution < 1.29 is 0 Å². The largest absolute Gasteiger partial charge is 0.383 e. The van der Waals surface area contributed by atoms with E-state index >= 15 is 0 Å². The second-order valence-corrected chi connectivity index (χ2v) is 4.16. The monoisotopic (exact) mass is 239 g/mol. The second kappa shape index (κ2) is 7.03. The van der Waals surface area contributed by atoms with E-state index in [1.165, 1.54) is 0 Å². The average molecular weight is 239 g/mol. The number of nitrogens with two attached hydrogens (primary N) is 3. The molecule has 6 heteroatoms. The van der Waals surface area contributed by atoms with Crippen molar-refractivity contribution in [3.63, 3.8) is 0 Å². The van der Waals surface area contributed by atoms with Crippen molar-refractivity contribution in [1.29, 1.82) is 0 Å². The lowest BCUT2D eigenvalue weighted by Crippen LogP contribution is -2.25. The molecular formula is C11H21N5O. The van der Waals surface area contributed by atoms with Crippen LogP contribution in [0, 0.1) is 0 Å². The van der Waals surface area contributed by atoms with E-state index in [-0.39, 0.29) is 17.5 Å². The average Bonchev–Trinajstić information content (AvgIpc) is 2.29. The quantitative estimate of drug-likeness (QED) is 0.603. The molecule has 0 amide bonds. The Morgan fingerprint density at radius 2 is 2.06 bits per heavy atom. The number of hydrogen-bond donors (Lipinski definition) is 3. The summed E-state index contributed by atoms with van der Waals surface area (Å²) in [7, 11) is 0. The molecule has 1 aromatic heterocycles. The summed E-state index contributed by atoms with van der Waals surface area (Å²) < 4.78 is 1.55. The third kappa shape index (κ3) is 4.97. The number of nitrogen functional groups attached to an aromatic ring is 1. The first-order valence-corrected chi connectivity index (χ1v) is 5.92. The third-order valence-corrected chi connectivity index (χ3v) is 2.65. The zero-order valence-corrected chi connectivity index (χ0v) is 10.0. The second-order valence-electron chi connectivity index (χ2n) is 4.16. The summed E-state index contributed by atoms with van der Waals surface area (Å²) in [5.41, 5.74) is 16.4. The lowest BCUT2D eigenvalue weighted by molar-refractivity contribution is 0.493. The third-order valence-electron chi connectivity index (χ3n) is 2.65. The first-order valence-electron chi connectivity index (χ1n) is 5.92. The molecule has 17 heavy (non-hydrogen) atoms. The Morgan fingerprint density at radius 1 is 1.35 bits per heavy atom. The van der Waals surface area contributed by atoms with Crippen molar-refractivity contribution in [2.45, 2.75) is 38.3 Å². The Balaban J connectivity index is 2.33. The van der Waals surface area contributed by atoms with Crippen molar-refractivity contribution in [3.05, 3.63) is 22.7 Å². The van der Waals surface area contributed by atoms with E-state index in [2.05, 4.69) is 4.98 Å². The summed E-state index contributed by atoms with van der Waals surface area (Å²) in [5, 5.41) is 0. The Hall–Kier alpha value is -1.40. The SMILES string of the molecule is NCCCC(N)CCCn1ccc(N)nc1=O. The highest BCUT2D eigenvalue weighted by Crippen LogP contribution is 2.03. The Bertz CT molecular complexity index is 390. The van der Waals surface area contributed by atoms with Gasteiger partial charge >= 0.3 is 5.69 Å². The summed E-state index contributed by atoms with van der Waals surface area (Å²) in [6, 6.07) is 1.78. The van der Waals surface area contributed by atoms with Crippen LogP contribution >= 0.6 is 0 Å². The zero-order chi connectivity index (χ0) is 12.7. The zero-order valence-electron chi connectivity index (χ0n) is 10.0. The lowest BCUT2D eigenvalue weighted by Gasteiger charge is -2.11. The van der Waals surface area contributed by atoms with Crippen LogP contribution in [0.15, 0.2) is 17.1 Å². The molecule has 1 unspecified atom stereocenters. The molecule has 0 aromatic carbocycles. The van der Waals surface area contributed by atoms with Crippen molar-refractivity contribution in [2.24, 2.45) is 11.5 Å². The highest BCUT2D eigenvalue weighted by molar-refractivity contribution is 5.23. The predicted octanol–water partition coefficient (Wildman–Crippen LogP) is -0.328. The number of nitrogens with zero attached hydrogens (tertiary/aromatic N) is 2. The van der Waals surface area contributed by atoms with Gasteiger partial charge in [0.25, 0.3) is 0 Å². The molecule has 6 N–H and O–H groups in total. The minimum atomic E-state index is -0.305. The maximum Gasteiger partial charge on any atom is 0.349 e. The lowest BCUT2D eigenvalue weighted by atomic mass is 10.1. The first-order chi connectivity index (χ1) is 8.13. The van der Waals surface area contributed by atoms with Gasteiger partial charge in [0.2, 0.25) is 0 Å². The van der Waals surface area contributed by atoms with Crippen LogP contribution in [0.25, 0.3) is 0 Å². The topological polar surface area (TPSA) is 113 Å². The van der Waals surface area contributed by atoms with Gasteiger partial charge in [0, 0.05) is 18.8 Å². The van der Waals surface area contributed by atoms with Gasteiger partial charge in [-0.25, -0.2) is 4.79 Å². The molecule has 0 aliphatic heterocycles. The number of aryl methyl sites for hydroxylation is 1. The van der Waals surface area contributed by atoms with Crippen molar-refractivity contribution in [2.75, 3.05) is 12.3 Å². The maximum absolute atomic E-state index is 11.4. The summed E-state index contributed by atoms with van der Waals surface area (Å²) >= 11 is 0. The van der Waals surface area contributed by atoms with Crippen LogP contribution in [0.3, 0.4) is 0 Å².